The van der Waals surface area contributed by atoms with Crippen LogP contribution >= 0.6 is 11.7 Å². The zero-order valence-electron chi connectivity index (χ0n) is 6.16. The van der Waals surface area contributed by atoms with Crippen LogP contribution in [0.1, 0.15) is 25.6 Å². The van der Waals surface area contributed by atoms with Crippen molar-refractivity contribution in [3.63, 3.8) is 0 Å². The number of hydrogen-bond acceptors (Lipinski definition) is 4. The number of aromatic nitrogens is 2. The van der Waals surface area contributed by atoms with Gasteiger partial charge in [-0.25, -0.2) is 0 Å². The van der Waals surface area contributed by atoms with E-state index in [0.717, 1.165) is 12.2 Å². The molecule has 1 rings (SSSR count). The average molecular weight is 157 g/mol. The van der Waals surface area contributed by atoms with Crippen LogP contribution in [0.4, 0.5) is 0 Å². The summed E-state index contributed by atoms with van der Waals surface area (Å²) in [5.41, 5.74) is 1.03. The van der Waals surface area contributed by atoms with Crippen molar-refractivity contribution in [1.82, 2.24) is 14.1 Å². The lowest BCUT2D eigenvalue weighted by Crippen LogP contribution is -2.17. The summed E-state index contributed by atoms with van der Waals surface area (Å²) in [7, 11) is 0. The normalized spacial score (nSPS) is 13.4. The van der Waals surface area contributed by atoms with Gasteiger partial charge in [0.15, 0.2) is 0 Å². The highest BCUT2D eigenvalue weighted by Crippen LogP contribution is 2.07. The number of rotatable bonds is 3. The second-order valence-corrected chi connectivity index (χ2v) is 2.67. The molecule has 3 nitrogen and oxygen atoms in total. The van der Waals surface area contributed by atoms with E-state index in [0.29, 0.717) is 6.04 Å². The van der Waals surface area contributed by atoms with Crippen LogP contribution in [0, 0.1) is 0 Å². The first-order chi connectivity index (χ1) is 4.84. The summed E-state index contributed by atoms with van der Waals surface area (Å²) >= 11 is 1.25. The molecule has 10 heavy (non-hydrogen) atoms. The molecule has 1 aromatic rings. The molecule has 56 valence electrons. The van der Waals surface area contributed by atoms with Gasteiger partial charge in [0.1, 0.15) is 0 Å². The van der Waals surface area contributed by atoms with Gasteiger partial charge in [0.25, 0.3) is 0 Å². The van der Waals surface area contributed by atoms with E-state index in [-0.39, 0.29) is 0 Å². The van der Waals surface area contributed by atoms with Gasteiger partial charge in [-0.1, -0.05) is 6.92 Å². The quantitative estimate of drug-likeness (QED) is 0.716. The minimum absolute atomic E-state index is 0.337. The maximum absolute atomic E-state index is 4.10. The van der Waals surface area contributed by atoms with Crippen molar-refractivity contribution in [2.45, 2.75) is 19.9 Å². The van der Waals surface area contributed by atoms with Crippen molar-refractivity contribution in [2.75, 3.05) is 6.54 Å². The lowest BCUT2D eigenvalue weighted by atomic mass is 10.2. The number of nitrogens with one attached hydrogen (secondary N) is 1. The summed E-state index contributed by atoms with van der Waals surface area (Å²) < 4.78 is 8.02. The molecule has 1 heterocycles. The van der Waals surface area contributed by atoms with Gasteiger partial charge in [-0.2, -0.15) is 8.75 Å². The Hall–Kier alpha value is -0.480. The molecule has 1 atom stereocenters. The molecule has 0 aliphatic heterocycles. The Kier molecular flexibility index (Phi) is 2.77. The van der Waals surface area contributed by atoms with E-state index in [1.807, 2.05) is 0 Å². The zero-order chi connectivity index (χ0) is 7.40. The van der Waals surface area contributed by atoms with Crippen molar-refractivity contribution in [3.8, 4) is 0 Å². The van der Waals surface area contributed by atoms with Crippen LogP contribution in [-0.4, -0.2) is 15.3 Å². The van der Waals surface area contributed by atoms with E-state index in [4.69, 9.17) is 0 Å². The predicted molar refractivity (Wildman–Crippen MR) is 42.0 cm³/mol. The molecule has 0 spiro atoms. The summed E-state index contributed by atoms with van der Waals surface area (Å²) in [6.45, 7) is 5.13. The third-order valence-electron chi connectivity index (χ3n) is 1.33. The van der Waals surface area contributed by atoms with Gasteiger partial charge in [-0.15, -0.1) is 0 Å². The number of hydrogen-bond donors (Lipinski definition) is 1. The Morgan fingerprint density at radius 2 is 2.60 bits per heavy atom. The Balaban J connectivity index is 2.50. The standard InChI is InChI=1S/C6H11N3S/c1-3-7-5(2)6-4-8-10-9-6/h4-5,7H,3H2,1-2H3. The van der Waals surface area contributed by atoms with Crippen molar-refractivity contribution < 1.29 is 0 Å². The second kappa shape index (κ2) is 3.63. The van der Waals surface area contributed by atoms with E-state index in [1.165, 1.54) is 11.7 Å². The zero-order valence-corrected chi connectivity index (χ0v) is 6.98. The SMILES string of the molecule is CCNC(C)c1cnsn1. The van der Waals surface area contributed by atoms with Crippen molar-refractivity contribution in [1.29, 1.82) is 0 Å². The Morgan fingerprint density at radius 3 is 3.10 bits per heavy atom. The first-order valence-corrected chi connectivity index (χ1v) is 4.08. The highest BCUT2D eigenvalue weighted by molar-refractivity contribution is 6.99. The third-order valence-corrected chi connectivity index (χ3v) is 1.82. The van der Waals surface area contributed by atoms with Crippen LogP contribution in [0.25, 0.3) is 0 Å². The molecule has 0 saturated heterocycles. The molecular weight excluding hydrogens is 146 g/mol. The largest absolute Gasteiger partial charge is 0.309 e. The van der Waals surface area contributed by atoms with Crippen molar-refractivity contribution >= 4 is 11.7 Å². The van der Waals surface area contributed by atoms with E-state index < -0.39 is 0 Å². The molecule has 1 unspecified atom stereocenters. The number of nitrogens with zero attached hydrogens (tertiary/aromatic N) is 2. The van der Waals surface area contributed by atoms with Gasteiger partial charge in [0.05, 0.1) is 23.6 Å². The fourth-order valence-electron chi connectivity index (χ4n) is 0.773. The predicted octanol–water partition coefficient (Wildman–Crippen LogP) is 1.21. The Labute approximate surface area is 64.8 Å². The second-order valence-electron chi connectivity index (χ2n) is 2.11. The van der Waals surface area contributed by atoms with Crippen LogP contribution in [0.15, 0.2) is 6.20 Å². The van der Waals surface area contributed by atoms with Gasteiger partial charge >= 0.3 is 0 Å². The maximum Gasteiger partial charge on any atom is 0.0909 e. The third kappa shape index (κ3) is 1.75. The van der Waals surface area contributed by atoms with Gasteiger partial charge < -0.3 is 5.32 Å². The van der Waals surface area contributed by atoms with Crippen molar-refractivity contribution in [2.24, 2.45) is 0 Å². The van der Waals surface area contributed by atoms with E-state index in [9.17, 15) is 0 Å². The Bertz CT molecular complexity index is 173. The monoisotopic (exact) mass is 157 g/mol. The minimum Gasteiger partial charge on any atom is -0.309 e. The highest BCUT2D eigenvalue weighted by Gasteiger charge is 2.04. The molecule has 0 aliphatic carbocycles. The fourth-order valence-corrected chi connectivity index (χ4v) is 1.28. The van der Waals surface area contributed by atoms with E-state index in [2.05, 4.69) is 27.9 Å². The molecule has 0 bridgehead atoms. The van der Waals surface area contributed by atoms with E-state index >= 15 is 0 Å². The molecule has 0 aromatic carbocycles. The van der Waals surface area contributed by atoms with Crippen molar-refractivity contribution in [3.05, 3.63) is 11.9 Å². The van der Waals surface area contributed by atoms with Gasteiger partial charge in [-0.3, -0.25) is 0 Å². The minimum atomic E-state index is 0.337. The lowest BCUT2D eigenvalue weighted by molar-refractivity contribution is 0.587. The average Bonchev–Trinajstić information content (AvgIpc) is 2.38. The molecule has 0 saturated carbocycles. The molecule has 4 heteroatoms. The molecule has 0 amide bonds. The molecule has 0 fully saturated rings. The maximum atomic E-state index is 4.10. The summed E-state index contributed by atoms with van der Waals surface area (Å²) in [4.78, 5) is 0. The first-order valence-electron chi connectivity index (χ1n) is 3.35. The molecular formula is C6H11N3S. The van der Waals surface area contributed by atoms with Crippen LogP contribution in [0.2, 0.25) is 0 Å². The van der Waals surface area contributed by atoms with Crippen LogP contribution in [-0.2, 0) is 0 Å². The summed E-state index contributed by atoms with van der Waals surface area (Å²) in [5.74, 6) is 0. The highest BCUT2D eigenvalue weighted by atomic mass is 32.1. The van der Waals surface area contributed by atoms with E-state index in [1.54, 1.807) is 6.20 Å². The summed E-state index contributed by atoms with van der Waals surface area (Å²) in [6, 6.07) is 0.337. The van der Waals surface area contributed by atoms with Gasteiger partial charge in [0, 0.05) is 6.04 Å². The smallest absolute Gasteiger partial charge is 0.0909 e. The Morgan fingerprint density at radius 1 is 1.80 bits per heavy atom. The lowest BCUT2D eigenvalue weighted by Gasteiger charge is -2.06. The van der Waals surface area contributed by atoms with Gasteiger partial charge in [0.2, 0.25) is 0 Å². The van der Waals surface area contributed by atoms with Crippen LogP contribution in [0.5, 0.6) is 0 Å². The van der Waals surface area contributed by atoms with Crippen LogP contribution in [0.3, 0.4) is 0 Å². The molecule has 1 aromatic heterocycles. The molecule has 0 aliphatic rings. The molecule has 1 N–H and O–H groups in total. The molecule has 0 radical (unpaired) electrons. The fraction of sp³-hybridized carbons (Fsp3) is 0.667. The van der Waals surface area contributed by atoms with Crippen LogP contribution < -0.4 is 5.32 Å². The summed E-state index contributed by atoms with van der Waals surface area (Å²) in [5, 5.41) is 3.25. The topological polar surface area (TPSA) is 37.8 Å². The first kappa shape index (κ1) is 7.63. The summed E-state index contributed by atoms with van der Waals surface area (Å²) in [6.07, 6.45) is 1.80. The van der Waals surface area contributed by atoms with Gasteiger partial charge in [-0.05, 0) is 13.5 Å².